The maximum absolute atomic E-state index is 12.9. The highest BCUT2D eigenvalue weighted by Crippen LogP contribution is 2.21. The minimum absolute atomic E-state index is 0.142. The number of amides is 1. The fraction of sp³-hybridized carbons (Fsp3) is 0.0588. The van der Waals surface area contributed by atoms with Crippen LogP contribution in [0.1, 0.15) is 0 Å². The van der Waals surface area contributed by atoms with E-state index in [0.29, 0.717) is 17.0 Å². The molecule has 1 heterocycles. The molecule has 0 fully saturated rings. The fourth-order valence-electron chi connectivity index (χ4n) is 1.93. The van der Waals surface area contributed by atoms with Crippen molar-refractivity contribution in [2.45, 2.75) is 0 Å². The van der Waals surface area contributed by atoms with Gasteiger partial charge in [-0.15, -0.1) is 0 Å². The molecule has 0 atom stereocenters. The van der Waals surface area contributed by atoms with Crippen molar-refractivity contribution < 1.29 is 18.4 Å². The van der Waals surface area contributed by atoms with Gasteiger partial charge < -0.3 is 9.26 Å². The molecule has 3 rings (SSSR count). The predicted octanol–water partition coefficient (Wildman–Crippen LogP) is 3.50. The number of hydrogen-bond acceptors (Lipinski definition) is 4. The molecule has 116 valence electrons. The summed E-state index contributed by atoms with van der Waals surface area (Å²) in [7, 11) is 0. The fourth-order valence-corrected chi connectivity index (χ4v) is 1.93. The van der Waals surface area contributed by atoms with Gasteiger partial charge in [0.2, 0.25) is 5.88 Å². The summed E-state index contributed by atoms with van der Waals surface area (Å²) in [5, 5.41) is 6.38. The zero-order valence-corrected chi connectivity index (χ0v) is 12.0. The van der Waals surface area contributed by atoms with Gasteiger partial charge in [0, 0.05) is 11.6 Å². The van der Waals surface area contributed by atoms with Gasteiger partial charge in [0.1, 0.15) is 17.3 Å². The lowest BCUT2D eigenvalue weighted by Crippen LogP contribution is -2.19. The van der Waals surface area contributed by atoms with Crippen LogP contribution in [0.5, 0.6) is 5.75 Å². The van der Waals surface area contributed by atoms with Gasteiger partial charge in [-0.05, 0) is 36.4 Å². The predicted molar refractivity (Wildman–Crippen MR) is 82.5 cm³/mol. The molecule has 0 saturated heterocycles. The maximum atomic E-state index is 12.9. The van der Waals surface area contributed by atoms with Gasteiger partial charge >= 0.3 is 0 Å². The summed E-state index contributed by atoms with van der Waals surface area (Å²) < 4.78 is 23.3. The van der Waals surface area contributed by atoms with Gasteiger partial charge in [-0.3, -0.25) is 10.1 Å². The molecule has 3 aromatic rings. The molecule has 0 aliphatic rings. The highest BCUT2D eigenvalue weighted by Gasteiger charge is 2.10. The van der Waals surface area contributed by atoms with E-state index in [2.05, 4.69) is 10.5 Å². The summed E-state index contributed by atoms with van der Waals surface area (Å²) in [4.78, 5) is 11.8. The monoisotopic (exact) mass is 312 g/mol. The number of halogens is 1. The molecule has 0 aliphatic carbocycles. The minimum atomic E-state index is -0.365. The lowest BCUT2D eigenvalue weighted by molar-refractivity contribution is -0.118. The lowest BCUT2D eigenvalue weighted by Gasteiger charge is -2.04. The van der Waals surface area contributed by atoms with Crippen LogP contribution in [0.2, 0.25) is 0 Å². The van der Waals surface area contributed by atoms with Crippen LogP contribution in [-0.4, -0.2) is 17.7 Å². The van der Waals surface area contributed by atoms with Gasteiger partial charge in [0.05, 0.1) is 0 Å². The highest BCUT2D eigenvalue weighted by molar-refractivity contribution is 5.91. The van der Waals surface area contributed by atoms with Crippen LogP contribution in [0.3, 0.4) is 0 Å². The molecule has 1 N–H and O–H groups in total. The normalized spacial score (nSPS) is 10.3. The van der Waals surface area contributed by atoms with Crippen molar-refractivity contribution in [1.29, 1.82) is 0 Å². The standard InChI is InChI=1S/C17H13FN2O3/c18-13-8-6-12(7-9-13)15-10-17(23-20-15)19-16(21)11-22-14-4-2-1-3-5-14/h1-10H,11H2,(H,19,21). The topological polar surface area (TPSA) is 64.4 Å². The van der Waals surface area contributed by atoms with E-state index in [1.807, 2.05) is 18.2 Å². The molecular weight excluding hydrogens is 299 g/mol. The zero-order chi connectivity index (χ0) is 16.1. The number of para-hydroxylation sites is 1. The van der Waals surface area contributed by atoms with E-state index >= 15 is 0 Å². The van der Waals surface area contributed by atoms with Crippen molar-refractivity contribution in [3.63, 3.8) is 0 Å². The summed E-state index contributed by atoms with van der Waals surface area (Å²) >= 11 is 0. The molecular formula is C17H13FN2O3. The molecule has 0 unspecified atom stereocenters. The van der Waals surface area contributed by atoms with E-state index in [0.717, 1.165) is 0 Å². The summed E-state index contributed by atoms with van der Waals surface area (Å²) in [5.41, 5.74) is 1.19. The molecule has 0 aliphatic heterocycles. The molecule has 6 heteroatoms. The molecule has 5 nitrogen and oxygen atoms in total. The Balaban J connectivity index is 1.58. The van der Waals surface area contributed by atoms with Gasteiger partial charge in [-0.2, -0.15) is 0 Å². The van der Waals surface area contributed by atoms with Gasteiger partial charge in [-0.1, -0.05) is 23.4 Å². The lowest BCUT2D eigenvalue weighted by atomic mass is 10.1. The molecule has 0 spiro atoms. The highest BCUT2D eigenvalue weighted by atomic mass is 19.1. The molecule has 1 amide bonds. The SMILES string of the molecule is O=C(COc1ccccc1)Nc1cc(-c2ccc(F)cc2)no1. The molecule has 23 heavy (non-hydrogen) atoms. The average molecular weight is 312 g/mol. The van der Waals surface area contributed by atoms with E-state index in [9.17, 15) is 9.18 Å². The number of carbonyl (C=O) groups excluding carboxylic acids is 1. The second-order valence-electron chi connectivity index (χ2n) is 4.73. The van der Waals surface area contributed by atoms with Crippen LogP contribution in [0.25, 0.3) is 11.3 Å². The van der Waals surface area contributed by atoms with E-state index in [4.69, 9.17) is 9.26 Å². The van der Waals surface area contributed by atoms with Crippen molar-refractivity contribution >= 4 is 11.8 Å². The number of nitrogens with zero attached hydrogens (tertiary/aromatic N) is 1. The second kappa shape index (κ2) is 6.74. The van der Waals surface area contributed by atoms with Crippen molar-refractivity contribution in [1.82, 2.24) is 5.16 Å². The van der Waals surface area contributed by atoms with Crippen LogP contribution in [0.4, 0.5) is 10.3 Å². The van der Waals surface area contributed by atoms with Gasteiger partial charge in [0.25, 0.3) is 5.91 Å². The maximum Gasteiger partial charge on any atom is 0.264 e. The Morgan fingerprint density at radius 3 is 2.61 bits per heavy atom. The molecule has 0 bridgehead atoms. The third-order valence-corrected chi connectivity index (χ3v) is 3.03. The molecule has 1 aromatic heterocycles. The van der Waals surface area contributed by atoms with E-state index in [1.54, 1.807) is 30.3 Å². The van der Waals surface area contributed by atoms with Crippen molar-refractivity contribution in [3.05, 3.63) is 66.5 Å². The zero-order valence-electron chi connectivity index (χ0n) is 12.0. The Bertz CT molecular complexity index is 785. The van der Waals surface area contributed by atoms with Gasteiger partial charge in [-0.25, -0.2) is 4.39 Å². The number of hydrogen-bond donors (Lipinski definition) is 1. The third kappa shape index (κ3) is 3.94. The molecule has 0 saturated carbocycles. The number of anilines is 1. The summed E-state index contributed by atoms with van der Waals surface area (Å²) in [6.45, 7) is -0.142. The number of rotatable bonds is 5. The van der Waals surface area contributed by atoms with Crippen molar-refractivity contribution in [2.24, 2.45) is 0 Å². The smallest absolute Gasteiger partial charge is 0.264 e. The van der Waals surface area contributed by atoms with Crippen LogP contribution in [0.15, 0.2) is 65.2 Å². The largest absolute Gasteiger partial charge is 0.484 e. The van der Waals surface area contributed by atoms with Crippen LogP contribution >= 0.6 is 0 Å². The van der Waals surface area contributed by atoms with Crippen molar-refractivity contribution in [2.75, 3.05) is 11.9 Å². The third-order valence-electron chi connectivity index (χ3n) is 3.03. The van der Waals surface area contributed by atoms with Crippen LogP contribution in [0, 0.1) is 5.82 Å². The molecule has 0 radical (unpaired) electrons. The second-order valence-corrected chi connectivity index (χ2v) is 4.73. The van der Waals surface area contributed by atoms with E-state index in [1.165, 1.54) is 12.1 Å². The molecule has 2 aromatic carbocycles. The van der Waals surface area contributed by atoms with E-state index in [-0.39, 0.29) is 24.2 Å². The number of nitrogens with one attached hydrogen (secondary N) is 1. The Morgan fingerprint density at radius 1 is 1.13 bits per heavy atom. The number of ether oxygens (including phenoxy) is 1. The Labute approximate surface area is 131 Å². The number of benzene rings is 2. The summed E-state index contributed by atoms with van der Waals surface area (Å²) in [6, 6.07) is 16.4. The first-order valence-corrected chi connectivity index (χ1v) is 6.91. The first-order chi connectivity index (χ1) is 11.2. The summed E-state index contributed by atoms with van der Waals surface area (Å²) in [5.74, 6) is 0.109. The Kier molecular flexibility index (Phi) is 4.33. The van der Waals surface area contributed by atoms with Crippen LogP contribution in [-0.2, 0) is 4.79 Å². The number of carbonyl (C=O) groups is 1. The minimum Gasteiger partial charge on any atom is -0.484 e. The quantitative estimate of drug-likeness (QED) is 0.783. The first kappa shape index (κ1) is 14.8. The first-order valence-electron chi connectivity index (χ1n) is 6.91. The average Bonchev–Trinajstić information content (AvgIpc) is 3.03. The van der Waals surface area contributed by atoms with Gasteiger partial charge in [0.15, 0.2) is 6.61 Å². The summed E-state index contributed by atoms with van der Waals surface area (Å²) in [6.07, 6.45) is 0. The Hall–Kier alpha value is -3.15. The van der Waals surface area contributed by atoms with Crippen LogP contribution < -0.4 is 10.1 Å². The number of aromatic nitrogens is 1. The Morgan fingerprint density at radius 2 is 1.87 bits per heavy atom. The van der Waals surface area contributed by atoms with E-state index < -0.39 is 0 Å². The van der Waals surface area contributed by atoms with Crippen molar-refractivity contribution in [3.8, 4) is 17.0 Å².